The Kier molecular flexibility index (Phi) is 3.50. The summed E-state index contributed by atoms with van der Waals surface area (Å²) in [7, 11) is 1.62. The van der Waals surface area contributed by atoms with E-state index in [4.69, 9.17) is 0 Å². The van der Waals surface area contributed by atoms with Gasteiger partial charge in [-0.05, 0) is 6.07 Å². The average Bonchev–Trinajstić information content (AvgIpc) is 2.26. The van der Waals surface area contributed by atoms with Crippen LogP contribution in [0, 0.1) is 15.5 Å². The minimum absolute atomic E-state index is 0.0175. The van der Waals surface area contributed by atoms with Gasteiger partial charge in [0, 0.05) is 24.6 Å². The van der Waals surface area contributed by atoms with Crippen LogP contribution in [0.5, 0.6) is 0 Å². The largest absolute Gasteiger partial charge is 0.315 e. The summed E-state index contributed by atoms with van der Waals surface area (Å²) in [6.45, 7) is 5.43. The van der Waals surface area contributed by atoms with Crippen molar-refractivity contribution in [2.45, 2.75) is 20.8 Å². The normalized spacial score (nSPS) is 11.1. The molecule has 0 aliphatic rings. The first-order chi connectivity index (χ1) is 7.73. The maximum atomic E-state index is 12.0. The zero-order chi connectivity index (χ0) is 13.2. The molecule has 1 rings (SSSR count). The van der Waals surface area contributed by atoms with Crippen LogP contribution in [0.1, 0.15) is 20.8 Å². The number of amides is 1. The fraction of sp³-hybridized carbons (Fsp3) is 0.417. The van der Waals surface area contributed by atoms with Gasteiger partial charge in [0.15, 0.2) is 0 Å². The molecule has 0 aliphatic heterocycles. The Balaban J connectivity index is 3.05. The third-order valence-electron chi connectivity index (χ3n) is 2.37. The quantitative estimate of drug-likeness (QED) is 0.585. The fourth-order valence-corrected chi connectivity index (χ4v) is 1.44. The Bertz CT molecular complexity index is 449. The molecular formula is C12H16N2O3. The SMILES string of the molecule is CN(C(=O)C(C)(C)C)c1cccc([N+](=O)[O-])c1. The van der Waals surface area contributed by atoms with E-state index in [-0.39, 0.29) is 11.6 Å². The highest BCUT2D eigenvalue weighted by molar-refractivity contribution is 5.96. The molecule has 0 saturated heterocycles. The second-order valence-electron chi connectivity index (χ2n) is 4.89. The van der Waals surface area contributed by atoms with Crippen molar-refractivity contribution in [2.75, 3.05) is 11.9 Å². The summed E-state index contributed by atoms with van der Waals surface area (Å²) >= 11 is 0. The number of carbonyl (C=O) groups is 1. The molecule has 5 nitrogen and oxygen atoms in total. The lowest BCUT2D eigenvalue weighted by Gasteiger charge is -2.25. The van der Waals surface area contributed by atoms with Crippen molar-refractivity contribution in [1.29, 1.82) is 0 Å². The van der Waals surface area contributed by atoms with Crippen LogP contribution in [-0.2, 0) is 4.79 Å². The number of benzene rings is 1. The van der Waals surface area contributed by atoms with Gasteiger partial charge in [-0.25, -0.2) is 0 Å². The molecule has 0 N–H and O–H groups in total. The summed E-state index contributed by atoms with van der Waals surface area (Å²) in [5, 5.41) is 10.6. The summed E-state index contributed by atoms with van der Waals surface area (Å²) in [6.07, 6.45) is 0. The number of anilines is 1. The van der Waals surface area contributed by atoms with Crippen LogP contribution in [0.15, 0.2) is 24.3 Å². The molecule has 1 amide bonds. The topological polar surface area (TPSA) is 63.5 Å². The summed E-state index contributed by atoms with van der Waals surface area (Å²) in [5.74, 6) is -0.0852. The zero-order valence-electron chi connectivity index (χ0n) is 10.4. The number of hydrogen-bond acceptors (Lipinski definition) is 3. The molecule has 0 radical (unpaired) electrons. The van der Waals surface area contributed by atoms with Crippen molar-refractivity contribution in [3.8, 4) is 0 Å². The Hall–Kier alpha value is -1.91. The van der Waals surface area contributed by atoms with E-state index >= 15 is 0 Å². The van der Waals surface area contributed by atoms with Gasteiger partial charge in [-0.3, -0.25) is 14.9 Å². The zero-order valence-corrected chi connectivity index (χ0v) is 10.4. The Morgan fingerprint density at radius 2 is 1.94 bits per heavy atom. The van der Waals surface area contributed by atoms with Crippen LogP contribution in [0.2, 0.25) is 0 Å². The van der Waals surface area contributed by atoms with Gasteiger partial charge in [0.25, 0.3) is 5.69 Å². The molecule has 0 saturated carbocycles. The van der Waals surface area contributed by atoms with Gasteiger partial charge in [-0.1, -0.05) is 26.8 Å². The van der Waals surface area contributed by atoms with E-state index in [9.17, 15) is 14.9 Å². The van der Waals surface area contributed by atoms with Crippen molar-refractivity contribution in [3.63, 3.8) is 0 Å². The Morgan fingerprint density at radius 3 is 2.41 bits per heavy atom. The predicted octanol–water partition coefficient (Wildman–Crippen LogP) is 2.60. The van der Waals surface area contributed by atoms with Gasteiger partial charge in [0.05, 0.1) is 10.6 Å². The van der Waals surface area contributed by atoms with Gasteiger partial charge in [0.2, 0.25) is 5.91 Å². The molecule has 0 aliphatic carbocycles. The van der Waals surface area contributed by atoms with Crippen LogP contribution < -0.4 is 4.90 Å². The monoisotopic (exact) mass is 236 g/mol. The molecule has 92 valence electrons. The smallest absolute Gasteiger partial charge is 0.271 e. The van der Waals surface area contributed by atoms with E-state index in [1.165, 1.54) is 17.0 Å². The molecule has 0 heterocycles. The lowest BCUT2D eigenvalue weighted by atomic mass is 9.94. The van der Waals surface area contributed by atoms with Crippen LogP contribution >= 0.6 is 0 Å². The van der Waals surface area contributed by atoms with Crippen molar-refractivity contribution >= 4 is 17.3 Å². The van der Waals surface area contributed by atoms with Gasteiger partial charge < -0.3 is 4.90 Å². The number of nitrogens with zero attached hydrogens (tertiary/aromatic N) is 2. The van der Waals surface area contributed by atoms with Crippen LogP contribution in [-0.4, -0.2) is 17.9 Å². The first kappa shape index (κ1) is 13.2. The molecule has 0 unspecified atom stereocenters. The van der Waals surface area contributed by atoms with E-state index in [0.29, 0.717) is 5.69 Å². The minimum Gasteiger partial charge on any atom is -0.315 e. The average molecular weight is 236 g/mol. The third kappa shape index (κ3) is 3.03. The molecule has 0 fully saturated rings. The highest BCUT2D eigenvalue weighted by atomic mass is 16.6. The Labute approximate surface area is 100 Å². The van der Waals surface area contributed by atoms with Crippen molar-refractivity contribution in [2.24, 2.45) is 5.41 Å². The maximum absolute atomic E-state index is 12.0. The molecule has 17 heavy (non-hydrogen) atoms. The van der Waals surface area contributed by atoms with E-state index in [1.807, 2.05) is 20.8 Å². The number of nitro groups is 1. The molecule has 1 aromatic rings. The third-order valence-corrected chi connectivity index (χ3v) is 2.37. The second kappa shape index (κ2) is 4.53. The molecule has 0 atom stereocenters. The lowest BCUT2D eigenvalue weighted by Crippen LogP contribution is -2.36. The number of non-ortho nitro benzene ring substituents is 1. The van der Waals surface area contributed by atoms with E-state index in [1.54, 1.807) is 19.2 Å². The number of rotatable bonds is 2. The summed E-state index contributed by atoms with van der Waals surface area (Å²) in [5.41, 5.74) is -0.00508. The van der Waals surface area contributed by atoms with Crippen molar-refractivity contribution in [1.82, 2.24) is 0 Å². The lowest BCUT2D eigenvalue weighted by molar-refractivity contribution is -0.384. The summed E-state index contributed by atoms with van der Waals surface area (Å²) < 4.78 is 0. The summed E-state index contributed by atoms with van der Waals surface area (Å²) in [4.78, 5) is 23.6. The van der Waals surface area contributed by atoms with Crippen molar-refractivity contribution in [3.05, 3.63) is 34.4 Å². The van der Waals surface area contributed by atoms with E-state index in [0.717, 1.165) is 0 Å². The highest BCUT2D eigenvalue weighted by Gasteiger charge is 2.26. The minimum atomic E-state index is -0.515. The van der Waals surface area contributed by atoms with Crippen LogP contribution in [0.3, 0.4) is 0 Å². The van der Waals surface area contributed by atoms with E-state index in [2.05, 4.69) is 0 Å². The molecule has 0 bridgehead atoms. The molecule has 1 aromatic carbocycles. The van der Waals surface area contributed by atoms with Gasteiger partial charge >= 0.3 is 0 Å². The number of nitro benzene ring substituents is 1. The van der Waals surface area contributed by atoms with Crippen LogP contribution in [0.4, 0.5) is 11.4 Å². The standard InChI is InChI=1S/C12H16N2O3/c1-12(2,3)11(15)13(4)9-6-5-7-10(8-9)14(16)17/h5-8H,1-4H3. The van der Waals surface area contributed by atoms with Gasteiger partial charge in [0.1, 0.15) is 0 Å². The van der Waals surface area contributed by atoms with Crippen LogP contribution in [0.25, 0.3) is 0 Å². The first-order valence-electron chi connectivity index (χ1n) is 5.26. The number of carbonyl (C=O) groups excluding carboxylic acids is 1. The summed E-state index contributed by atoms with van der Waals surface area (Å²) in [6, 6.07) is 6.04. The Morgan fingerprint density at radius 1 is 1.35 bits per heavy atom. The highest BCUT2D eigenvalue weighted by Crippen LogP contribution is 2.24. The first-order valence-corrected chi connectivity index (χ1v) is 5.26. The fourth-order valence-electron chi connectivity index (χ4n) is 1.44. The van der Waals surface area contributed by atoms with Crippen molar-refractivity contribution < 1.29 is 9.72 Å². The maximum Gasteiger partial charge on any atom is 0.271 e. The van der Waals surface area contributed by atoms with E-state index < -0.39 is 10.3 Å². The number of hydrogen-bond donors (Lipinski definition) is 0. The molecule has 5 heteroatoms. The van der Waals surface area contributed by atoms with Gasteiger partial charge in [-0.15, -0.1) is 0 Å². The van der Waals surface area contributed by atoms with Gasteiger partial charge in [-0.2, -0.15) is 0 Å². The predicted molar refractivity (Wildman–Crippen MR) is 66.0 cm³/mol. The molecule has 0 spiro atoms. The molecule has 0 aromatic heterocycles. The second-order valence-corrected chi connectivity index (χ2v) is 4.89. The molecular weight excluding hydrogens is 220 g/mol.